The van der Waals surface area contributed by atoms with Crippen LogP contribution in [0.4, 0.5) is 5.69 Å². The summed E-state index contributed by atoms with van der Waals surface area (Å²) in [5.41, 5.74) is 2.23. The number of rotatable bonds is 4. The van der Waals surface area contributed by atoms with Gasteiger partial charge in [-0.3, -0.25) is 13.7 Å². The van der Waals surface area contributed by atoms with Gasteiger partial charge in [0.25, 0.3) is 16.8 Å². The Balaban J connectivity index is 1.92. The van der Waals surface area contributed by atoms with Crippen molar-refractivity contribution in [1.29, 1.82) is 0 Å². The summed E-state index contributed by atoms with van der Waals surface area (Å²) in [4.78, 5) is 11.8. The minimum absolute atomic E-state index is 0.202. The fourth-order valence-electron chi connectivity index (χ4n) is 2.41. The van der Waals surface area contributed by atoms with Gasteiger partial charge in [-0.05, 0) is 23.8 Å². The summed E-state index contributed by atoms with van der Waals surface area (Å²) in [6.07, 6.45) is 0.559. The van der Waals surface area contributed by atoms with E-state index in [1.165, 1.54) is 4.31 Å². The standard InChI is InChI=1S/C16H15N3O3S/c1-19(23(21)22)12-8-6-11(7-9-12)10-15-13-4-2-3-5-14(13)16(20)18-17-15/h2-9H,10H2,1H3,(H,18,20)(H,21,22). The van der Waals surface area contributed by atoms with Crippen molar-refractivity contribution < 1.29 is 8.76 Å². The summed E-state index contributed by atoms with van der Waals surface area (Å²) in [5.74, 6) is 0. The summed E-state index contributed by atoms with van der Waals surface area (Å²) < 4.78 is 21.4. The molecule has 1 aromatic heterocycles. The van der Waals surface area contributed by atoms with E-state index in [0.29, 0.717) is 17.5 Å². The molecular weight excluding hydrogens is 314 g/mol. The zero-order valence-corrected chi connectivity index (χ0v) is 13.2. The van der Waals surface area contributed by atoms with Crippen molar-refractivity contribution in [2.75, 3.05) is 11.4 Å². The minimum atomic E-state index is -2.05. The van der Waals surface area contributed by atoms with Gasteiger partial charge in [0.1, 0.15) is 0 Å². The van der Waals surface area contributed by atoms with Crippen molar-refractivity contribution >= 4 is 27.7 Å². The van der Waals surface area contributed by atoms with Gasteiger partial charge >= 0.3 is 0 Å². The fourth-order valence-corrected chi connectivity index (χ4v) is 2.72. The minimum Gasteiger partial charge on any atom is -0.289 e. The van der Waals surface area contributed by atoms with Crippen LogP contribution in [0.15, 0.2) is 53.3 Å². The molecule has 0 aliphatic heterocycles. The van der Waals surface area contributed by atoms with Crippen LogP contribution < -0.4 is 9.86 Å². The van der Waals surface area contributed by atoms with Gasteiger partial charge in [0.05, 0.1) is 16.8 Å². The second kappa shape index (κ2) is 6.31. The van der Waals surface area contributed by atoms with Crippen LogP contribution in [0.5, 0.6) is 0 Å². The van der Waals surface area contributed by atoms with E-state index >= 15 is 0 Å². The van der Waals surface area contributed by atoms with Crippen LogP contribution in [-0.2, 0) is 17.7 Å². The molecule has 0 saturated heterocycles. The molecule has 3 rings (SSSR count). The average molecular weight is 329 g/mol. The average Bonchev–Trinajstić information content (AvgIpc) is 2.57. The number of hydrogen-bond donors (Lipinski definition) is 2. The van der Waals surface area contributed by atoms with Gasteiger partial charge in [0.2, 0.25) is 0 Å². The van der Waals surface area contributed by atoms with Gasteiger partial charge in [-0.15, -0.1) is 0 Å². The second-order valence-corrected chi connectivity index (χ2v) is 6.13. The molecule has 6 nitrogen and oxygen atoms in total. The molecule has 0 bridgehead atoms. The lowest BCUT2D eigenvalue weighted by Crippen LogP contribution is -2.18. The third kappa shape index (κ3) is 3.15. The molecule has 3 aromatic rings. The Morgan fingerprint density at radius 2 is 1.78 bits per heavy atom. The maximum absolute atomic E-state index is 11.8. The molecule has 0 aliphatic rings. The number of nitrogens with zero attached hydrogens (tertiary/aromatic N) is 2. The Kier molecular flexibility index (Phi) is 4.22. The molecule has 7 heteroatoms. The Hall–Kier alpha value is -2.51. The number of fused-ring (bicyclic) bond motifs is 1. The Bertz CT molecular complexity index is 922. The summed E-state index contributed by atoms with van der Waals surface area (Å²) in [6.45, 7) is 0. The van der Waals surface area contributed by atoms with Gasteiger partial charge in [-0.25, -0.2) is 9.31 Å². The largest absolute Gasteiger partial charge is 0.289 e. The number of aromatic nitrogens is 2. The van der Waals surface area contributed by atoms with Crippen LogP contribution in [-0.4, -0.2) is 26.0 Å². The maximum Gasteiger partial charge on any atom is 0.272 e. The van der Waals surface area contributed by atoms with Gasteiger partial charge in [0.15, 0.2) is 0 Å². The molecule has 1 atom stereocenters. The molecule has 1 heterocycles. The van der Waals surface area contributed by atoms with Crippen molar-refractivity contribution in [2.24, 2.45) is 0 Å². The number of H-pyrrole nitrogens is 1. The van der Waals surface area contributed by atoms with Crippen molar-refractivity contribution in [1.82, 2.24) is 10.2 Å². The third-order valence-corrected chi connectivity index (χ3v) is 4.36. The van der Waals surface area contributed by atoms with Crippen LogP contribution in [0.3, 0.4) is 0 Å². The van der Waals surface area contributed by atoms with E-state index in [2.05, 4.69) is 10.2 Å². The van der Waals surface area contributed by atoms with Crippen molar-refractivity contribution in [2.45, 2.75) is 6.42 Å². The summed E-state index contributed by atoms with van der Waals surface area (Å²) in [6, 6.07) is 14.6. The quantitative estimate of drug-likeness (QED) is 0.718. The predicted octanol–water partition coefficient (Wildman–Crippen LogP) is 2.09. The first-order valence-corrected chi connectivity index (χ1v) is 8.02. The van der Waals surface area contributed by atoms with Crippen molar-refractivity contribution in [3.63, 3.8) is 0 Å². The van der Waals surface area contributed by atoms with Gasteiger partial charge in [-0.2, -0.15) is 5.10 Å². The zero-order valence-electron chi connectivity index (χ0n) is 12.4. The third-order valence-electron chi connectivity index (χ3n) is 3.68. The highest BCUT2D eigenvalue weighted by Crippen LogP contribution is 2.19. The lowest BCUT2D eigenvalue weighted by atomic mass is 10.0. The summed E-state index contributed by atoms with van der Waals surface area (Å²) >= 11 is -2.05. The summed E-state index contributed by atoms with van der Waals surface area (Å²) in [7, 11) is 1.54. The van der Waals surface area contributed by atoms with Crippen LogP contribution in [0.1, 0.15) is 11.3 Å². The summed E-state index contributed by atoms with van der Waals surface area (Å²) in [5, 5.41) is 8.11. The lowest BCUT2D eigenvalue weighted by molar-refractivity contribution is 0.562. The van der Waals surface area contributed by atoms with Gasteiger partial charge < -0.3 is 0 Å². The first kappa shape index (κ1) is 15.4. The highest BCUT2D eigenvalue weighted by molar-refractivity contribution is 7.80. The van der Waals surface area contributed by atoms with Crippen LogP contribution in [0.25, 0.3) is 10.8 Å². The van der Waals surface area contributed by atoms with E-state index in [1.807, 2.05) is 30.3 Å². The number of aromatic amines is 1. The molecule has 0 spiro atoms. The Labute approximate surface area is 135 Å². The number of benzene rings is 2. The zero-order chi connectivity index (χ0) is 16.4. The molecule has 0 aliphatic carbocycles. The molecule has 0 radical (unpaired) electrons. The van der Waals surface area contributed by atoms with Crippen LogP contribution >= 0.6 is 0 Å². The molecule has 118 valence electrons. The normalized spacial score (nSPS) is 12.3. The lowest BCUT2D eigenvalue weighted by Gasteiger charge is -2.14. The topological polar surface area (TPSA) is 86.3 Å². The smallest absolute Gasteiger partial charge is 0.272 e. The highest BCUT2D eigenvalue weighted by atomic mass is 32.2. The van der Waals surface area contributed by atoms with Crippen LogP contribution in [0, 0.1) is 0 Å². The van der Waals surface area contributed by atoms with E-state index in [0.717, 1.165) is 16.6 Å². The van der Waals surface area contributed by atoms with E-state index < -0.39 is 11.3 Å². The van der Waals surface area contributed by atoms with Gasteiger partial charge in [-0.1, -0.05) is 30.3 Å². The molecule has 0 saturated carbocycles. The number of nitrogens with one attached hydrogen (secondary N) is 1. The van der Waals surface area contributed by atoms with E-state index in [-0.39, 0.29) is 5.56 Å². The molecule has 23 heavy (non-hydrogen) atoms. The Morgan fingerprint density at radius 1 is 1.13 bits per heavy atom. The highest BCUT2D eigenvalue weighted by Gasteiger charge is 2.09. The van der Waals surface area contributed by atoms with Crippen LogP contribution in [0.2, 0.25) is 0 Å². The molecule has 1 unspecified atom stereocenters. The van der Waals surface area contributed by atoms with E-state index in [1.54, 1.807) is 25.2 Å². The van der Waals surface area contributed by atoms with Gasteiger partial charge in [0, 0.05) is 18.9 Å². The predicted molar refractivity (Wildman–Crippen MR) is 90.8 cm³/mol. The molecule has 2 aromatic carbocycles. The first-order chi connectivity index (χ1) is 11.1. The SMILES string of the molecule is CN(c1ccc(Cc2n[nH]c(=O)c3ccccc23)cc1)S(=O)O. The Morgan fingerprint density at radius 3 is 2.43 bits per heavy atom. The monoisotopic (exact) mass is 329 g/mol. The van der Waals surface area contributed by atoms with E-state index in [9.17, 15) is 9.00 Å². The van der Waals surface area contributed by atoms with Crippen molar-refractivity contribution in [3.05, 3.63) is 70.1 Å². The molecule has 0 amide bonds. The molecular formula is C16H15N3O3S. The van der Waals surface area contributed by atoms with E-state index in [4.69, 9.17) is 4.55 Å². The second-order valence-electron chi connectivity index (χ2n) is 5.12. The molecule has 0 fully saturated rings. The molecule has 2 N–H and O–H groups in total. The van der Waals surface area contributed by atoms with Crippen molar-refractivity contribution in [3.8, 4) is 0 Å². The fraction of sp³-hybridized carbons (Fsp3) is 0.125. The number of hydrogen-bond acceptors (Lipinski definition) is 3. The first-order valence-electron chi connectivity index (χ1n) is 6.96. The number of anilines is 1. The maximum atomic E-state index is 11.8.